The predicted molar refractivity (Wildman–Crippen MR) is 147 cm³/mol. The van der Waals surface area contributed by atoms with Crippen molar-refractivity contribution in [3.8, 4) is 11.5 Å². The maximum atomic E-state index is 13.7. The highest BCUT2D eigenvalue weighted by atomic mass is 16.6. The molecule has 0 radical (unpaired) electrons. The predicted octanol–water partition coefficient (Wildman–Crippen LogP) is 4.40. The normalized spacial score (nSPS) is 18.7. The van der Waals surface area contributed by atoms with E-state index in [9.17, 15) is 14.4 Å². The van der Waals surface area contributed by atoms with Gasteiger partial charge < -0.3 is 24.3 Å². The van der Waals surface area contributed by atoms with Crippen molar-refractivity contribution in [2.45, 2.75) is 77.2 Å². The van der Waals surface area contributed by atoms with Crippen LogP contribution < -0.4 is 14.8 Å². The fourth-order valence-electron chi connectivity index (χ4n) is 4.56. The molecule has 2 heterocycles. The summed E-state index contributed by atoms with van der Waals surface area (Å²) in [7, 11) is 1.58. The van der Waals surface area contributed by atoms with Crippen LogP contribution in [0.4, 0.5) is 4.79 Å². The van der Waals surface area contributed by atoms with E-state index >= 15 is 0 Å². The summed E-state index contributed by atoms with van der Waals surface area (Å²) in [6.07, 6.45) is 2.71. The number of benzene rings is 1. The van der Waals surface area contributed by atoms with Gasteiger partial charge in [-0.3, -0.25) is 14.7 Å². The smallest absolute Gasteiger partial charge is 0.411 e. The van der Waals surface area contributed by atoms with E-state index in [2.05, 4.69) is 16.9 Å². The van der Waals surface area contributed by atoms with E-state index in [1.165, 1.54) is 4.90 Å². The highest BCUT2D eigenvalue weighted by Crippen LogP contribution is 2.31. The molecule has 0 spiro atoms. The van der Waals surface area contributed by atoms with Gasteiger partial charge in [0.2, 0.25) is 5.91 Å². The molecular weight excluding hydrogens is 502 g/mol. The van der Waals surface area contributed by atoms with Crippen LogP contribution in [0.3, 0.4) is 0 Å². The second-order valence-electron chi connectivity index (χ2n) is 10.5. The number of fused-ring (bicyclic) bond motifs is 1. The van der Waals surface area contributed by atoms with Crippen LogP contribution in [-0.4, -0.2) is 71.4 Å². The van der Waals surface area contributed by atoms with Gasteiger partial charge in [0.15, 0.2) is 0 Å². The van der Waals surface area contributed by atoms with Crippen molar-refractivity contribution in [2.75, 3.05) is 20.3 Å². The first-order chi connectivity index (χ1) is 18.5. The third kappa shape index (κ3) is 6.99. The monoisotopic (exact) mass is 541 g/mol. The Kier molecular flexibility index (Phi) is 9.42. The third-order valence-corrected chi connectivity index (χ3v) is 6.52. The van der Waals surface area contributed by atoms with Gasteiger partial charge in [0.05, 0.1) is 25.8 Å². The lowest BCUT2D eigenvalue weighted by atomic mass is 9.91. The molecule has 2 aromatic rings. The molecule has 1 aromatic heterocycles. The number of methoxy groups -OCH3 is 1. The minimum Gasteiger partial charge on any atom is -0.497 e. The maximum absolute atomic E-state index is 13.7. The molecule has 1 saturated heterocycles. The molecule has 3 atom stereocenters. The van der Waals surface area contributed by atoms with Crippen molar-refractivity contribution >= 4 is 28.9 Å². The van der Waals surface area contributed by atoms with Crippen molar-refractivity contribution in [3.05, 3.63) is 43.1 Å². The minimum absolute atomic E-state index is 0.118. The van der Waals surface area contributed by atoms with Gasteiger partial charge in [-0.25, -0.2) is 9.59 Å². The van der Waals surface area contributed by atoms with E-state index in [1.54, 1.807) is 66.1 Å². The van der Waals surface area contributed by atoms with Gasteiger partial charge in [-0.15, -0.1) is 6.58 Å². The first-order valence-electron chi connectivity index (χ1n) is 13.2. The summed E-state index contributed by atoms with van der Waals surface area (Å²) < 4.78 is 22.5. The Hall–Kier alpha value is -3.82. The zero-order valence-electron chi connectivity index (χ0n) is 23.6. The molecular formula is C29H39N3O7. The topological polar surface area (TPSA) is 116 Å². The zero-order chi connectivity index (χ0) is 28.8. The number of nitrogens with zero attached hydrogens (tertiary/aromatic N) is 2. The number of nitrogens with one attached hydrogen (secondary N) is 1. The number of likely N-dealkylation sites (tertiary alicyclic amines) is 1. The second kappa shape index (κ2) is 12.4. The number of esters is 1. The van der Waals surface area contributed by atoms with Gasteiger partial charge in [0, 0.05) is 24.1 Å². The van der Waals surface area contributed by atoms with E-state index in [4.69, 9.17) is 18.9 Å². The van der Waals surface area contributed by atoms with E-state index in [0.717, 1.165) is 5.39 Å². The molecule has 1 fully saturated rings. The molecule has 0 unspecified atom stereocenters. The van der Waals surface area contributed by atoms with Crippen molar-refractivity contribution in [1.29, 1.82) is 0 Å². The summed E-state index contributed by atoms with van der Waals surface area (Å²) in [4.78, 5) is 45.5. The lowest BCUT2D eigenvalue weighted by Gasteiger charge is -2.33. The number of amides is 2. The van der Waals surface area contributed by atoms with Crippen molar-refractivity contribution < 1.29 is 33.3 Å². The molecule has 1 aliphatic rings. The SMILES string of the molecule is C=CC[C@@](CC)(NC(=O)[C@@H]1C[C@@H](Oc2ccnc3cc(OC)ccc23)CN1C(=O)OC(C)(C)C)C(=O)OCC. The fraction of sp³-hybridized carbons (Fsp3) is 0.517. The van der Waals surface area contributed by atoms with Crippen LogP contribution >= 0.6 is 0 Å². The Morgan fingerprint density at radius 2 is 1.95 bits per heavy atom. The maximum Gasteiger partial charge on any atom is 0.411 e. The largest absolute Gasteiger partial charge is 0.497 e. The minimum atomic E-state index is -1.30. The third-order valence-electron chi connectivity index (χ3n) is 6.52. The van der Waals surface area contributed by atoms with Crippen LogP contribution in [0.5, 0.6) is 11.5 Å². The number of ether oxygens (including phenoxy) is 4. The molecule has 39 heavy (non-hydrogen) atoms. The van der Waals surface area contributed by atoms with Crippen molar-refractivity contribution in [2.24, 2.45) is 0 Å². The van der Waals surface area contributed by atoms with Crippen LogP contribution in [0.1, 0.15) is 53.9 Å². The zero-order valence-corrected chi connectivity index (χ0v) is 23.6. The Balaban J connectivity index is 1.90. The molecule has 212 valence electrons. The molecule has 0 bridgehead atoms. The number of carbonyl (C=O) groups excluding carboxylic acids is 3. The molecule has 1 aliphatic heterocycles. The first kappa shape index (κ1) is 29.7. The van der Waals surface area contributed by atoms with Gasteiger partial charge in [-0.05, 0) is 58.7 Å². The quantitative estimate of drug-likeness (QED) is 0.348. The van der Waals surface area contributed by atoms with Crippen LogP contribution in [0.15, 0.2) is 43.1 Å². The van der Waals surface area contributed by atoms with Gasteiger partial charge in [-0.2, -0.15) is 0 Å². The molecule has 10 nitrogen and oxygen atoms in total. The van der Waals surface area contributed by atoms with Crippen molar-refractivity contribution in [3.63, 3.8) is 0 Å². The molecule has 0 saturated carbocycles. The number of rotatable bonds is 10. The molecule has 0 aliphatic carbocycles. The average molecular weight is 542 g/mol. The molecule has 2 amide bonds. The summed E-state index contributed by atoms with van der Waals surface area (Å²) in [5.41, 5.74) is -1.37. The number of carbonyl (C=O) groups is 3. The Bertz CT molecular complexity index is 1210. The van der Waals surface area contributed by atoms with Crippen molar-refractivity contribution in [1.82, 2.24) is 15.2 Å². The van der Waals surface area contributed by atoms with Crippen LogP contribution in [0.2, 0.25) is 0 Å². The number of hydrogen-bond donors (Lipinski definition) is 1. The summed E-state index contributed by atoms with van der Waals surface area (Å²) in [5, 5.41) is 3.64. The van der Waals surface area contributed by atoms with E-state index in [-0.39, 0.29) is 32.4 Å². The summed E-state index contributed by atoms with van der Waals surface area (Å²) in [6.45, 7) is 12.8. The van der Waals surface area contributed by atoms with Crippen LogP contribution in [-0.2, 0) is 19.1 Å². The highest BCUT2D eigenvalue weighted by molar-refractivity contribution is 5.92. The molecule has 1 N–H and O–H groups in total. The number of pyridine rings is 1. The molecule has 3 rings (SSSR count). The van der Waals surface area contributed by atoms with Gasteiger partial charge in [0.1, 0.15) is 34.8 Å². The number of hydrogen-bond acceptors (Lipinski definition) is 8. The Labute approximate surface area is 229 Å². The summed E-state index contributed by atoms with van der Waals surface area (Å²) in [5.74, 6) is 0.197. The average Bonchev–Trinajstić information content (AvgIpc) is 3.31. The van der Waals surface area contributed by atoms with Crippen LogP contribution in [0.25, 0.3) is 10.9 Å². The van der Waals surface area contributed by atoms with Gasteiger partial charge >= 0.3 is 12.1 Å². The fourth-order valence-corrected chi connectivity index (χ4v) is 4.56. The van der Waals surface area contributed by atoms with Gasteiger partial charge in [-0.1, -0.05) is 13.0 Å². The molecule has 1 aromatic carbocycles. The lowest BCUT2D eigenvalue weighted by molar-refractivity contribution is -0.154. The molecule has 10 heteroatoms. The highest BCUT2D eigenvalue weighted by Gasteiger charge is 2.46. The van der Waals surface area contributed by atoms with E-state index in [1.807, 2.05) is 12.1 Å². The summed E-state index contributed by atoms with van der Waals surface area (Å²) >= 11 is 0. The first-order valence-corrected chi connectivity index (χ1v) is 13.2. The Morgan fingerprint density at radius 3 is 2.56 bits per heavy atom. The Morgan fingerprint density at radius 1 is 1.21 bits per heavy atom. The van der Waals surface area contributed by atoms with Crippen LogP contribution in [0, 0.1) is 0 Å². The standard InChI is InChI=1S/C29H39N3O7/c1-8-14-29(9-2,26(34)37-10-3)31-25(33)23-17-20(18-32(23)27(35)39-28(4,5)6)38-24-13-15-30-22-16-19(36-7)11-12-21(22)24/h8,11-13,15-16,20,23H,1,9-10,14,17-18H2,2-7H3,(H,31,33)/t20-,23+,29-/m1/s1. The second-order valence-corrected chi connectivity index (χ2v) is 10.5. The lowest BCUT2D eigenvalue weighted by Crippen LogP contribution is -2.59. The van der Waals surface area contributed by atoms with E-state index in [0.29, 0.717) is 17.0 Å². The summed E-state index contributed by atoms with van der Waals surface area (Å²) in [6, 6.07) is 6.29. The van der Waals surface area contributed by atoms with Gasteiger partial charge in [0.25, 0.3) is 0 Å². The van der Waals surface area contributed by atoms with E-state index < -0.39 is 41.3 Å². The number of aromatic nitrogens is 1.